The van der Waals surface area contributed by atoms with E-state index < -0.39 is 0 Å². The molecule has 0 saturated carbocycles. The summed E-state index contributed by atoms with van der Waals surface area (Å²) in [4.78, 5) is 6.61. The second kappa shape index (κ2) is 5.84. The van der Waals surface area contributed by atoms with Gasteiger partial charge in [0.05, 0.1) is 6.54 Å². The van der Waals surface area contributed by atoms with Gasteiger partial charge in [-0.1, -0.05) is 18.2 Å². The van der Waals surface area contributed by atoms with Crippen molar-refractivity contribution in [3.63, 3.8) is 0 Å². The Hall–Kier alpha value is -1.88. The Morgan fingerprint density at radius 1 is 1.26 bits per heavy atom. The molecule has 1 aromatic heterocycles. The van der Waals surface area contributed by atoms with Crippen molar-refractivity contribution >= 4 is 5.69 Å². The van der Waals surface area contributed by atoms with E-state index >= 15 is 0 Å². The fourth-order valence-electron chi connectivity index (χ4n) is 1.96. The molecule has 0 unspecified atom stereocenters. The average Bonchev–Trinajstić information content (AvgIpc) is 2.76. The molecule has 0 aliphatic carbocycles. The highest BCUT2D eigenvalue weighted by atomic mass is 15.3. The summed E-state index contributed by atoms with van der Waals surface area (Å²) in [6.45, 7) is 5.94. The molecular formula is C14H21N5. The highest BCUT2D eigenvalue weighted by molar-refractivity contribution is 5.46. The number of nitrogen functional groups attached to an aromatic ring is 1. The third-order valence-electron chi connectivity index (χ3n) is 3.31. The molecule has 1 aromatic carbocycles. The predicted octanol–water partition coefficient (Wildman–Crippen LogP) is 1.81. The third-order valence-corrected chi connectivity index (χ3v) is 3.31. The number of hydrogen-bond donors (Lipinski definition) is 1. The summed E-state index contributed by atoms with van der Waals surface area (Å²) in [5.41, 5.74) is 8.00. The van der Waals surface area contributed by atoms with Gasteiger partial charge in [0.15, 0.2) is 0 Å². The minimum absolute atomic E-state index is 0.413. The second-order valence-electron chi connectivity index (χ2n) is 5.00. The first-order valence-electron chi connectivity index (χ1n) is 6.48. The van der Waals surface area contributed by atoms with Crippen LogP contribution in [0.5, 0.6) is 0 Å². The van der Waals surface area contributed by atoms with Crippen LogP contribution in [0.25, 0.3) is 0 Å². The molecular weight excluding hydrogens is 238 g/mol. The monoisotopic (exact) mass is 259 g/mol. The largest absolute Gasteiger partial charge is 0.398 e. The lowest BCUT2D eigenvalue weighted by Crippen LogP contribution is -2.31. The molecule has 5 heteroatoms. The van der Waals surface area contributed by atoms with Crippen LogP contribution in [0.15, 0.2) is 30.6 Å². The van der Waals surface area contributed by atoms with Crippen LogP contribution in [0, 0.1) is 0 Å². The van der Waals surface area contributed by atoms with Gasteiger partial charge in [0.1, 0.15) is 12.2 Å². The van der Waals surface area contributed by atoms with Gasteiger partial charge in [0.25, 0.3) is 0 Å². The second-order valence-corrected chi connectivity index (χ2v) is 5.00. The number of benzene rings is 1. The summed E-state index contributed by atoms with van der Waals surface area (Å²) in [5, 5.41) is 4.11. The zero-order chi connectivity index (χ0) is 13.8. The summed E-state index contributed by atoms with van der Waals surface area (Å²) in [6, 6.07) is 8.40. The number of para-hydroxylation sites is 1. The molecule has 0 spiro atoms. The summed E-state index contributed by atoms with van der Waals surface area (Å²) in [5.74, 6) is 0.961. The van der Waals surface area contributed by atoms with E-state index in [-0.39, 0.29) is 0 Å². The van der Waals surface area contributed by atoms with Gasteiger partial charge in [-0.05, 0) is 25.5 Å². The van der Waals surface area contributed by atoms with Crippen molar-refractivity contribution in [3.05, 3.63) is 42.0 Å². The standard InChI is InChI=1S/C14H21N5/c1-11(2)19(9-14-16-10-17-18(14)3)8-12-6-4-5-7-13(12)15/h4-7,10-11H,8-9,15H2,1-3H3. The van der Waals surface area contributed by atoms with Crippen LogP contribution >= 0.6 is 0 Å². The Morgan fingerprint density at radius 3 is 2.58 bits per heavy atom. The maximum Gasteiger partial charge on any atom is 0.140 e. The van der Waals surface area contributed by atoms with Crippen molar-refractivity contribution in [2.75, 3.05) is 5.73 Å². The van der Waals surface area contributed by atoms with E-state index in [1.54, 1.807) is 6.33 Å². The van der Waals surface area contributed by atoms with E-state index in [0.29, 0.717) is 6.04 Å². The Balaban J connectivity index is 2.13. The number of nitrogens with two attached hydrogens (primary N) is 1. The lowest BCUT2D eigenvalue weighted by molar-refractivity contribution is 0.196. The Kier molecular flexibility index (Phi) is 4.16. The molecule has 2 N–H and O–H groups in total. The van der Waals surface area contributed by atoms with Crippen molar-refractivity contribution in [2.45, 2.75) is 33.0 Å². The van der Waals surface area contributed by atoms with Gasteiger partial charge < -0.3 is 5.73 Å². The lowest BCUT2D eigenvalue weighted by atomic mass is 10.1. The number of aryl methyl sites for hydroxylation is 1. The quantitative estimate of drug-likeness (QED) is 0.832. The molecule has 102 valence electrons. The van der Waals surface area contributed by atoms with Gasteiger partial charge in [-0.25, -0.2) is 4.98 Å². The van der Waals surface area contributed by atoms with Gasteiger partial charge in [-0.2, -0.15) is 5.10 Å². The van der Waals surface area contributed by atoms with Crippen LogP contribution in [0.2, 0.25) is 0 Å². The van der Waals surface area contributed by atoms with Crippen molar-refractivity contribution in [2.24, 2.45) is 7.05 Å². The highest BCUT2D eigenvalue weighted by Crippen LogP contribution is 2.16. The smallest absolute Gasteiger partial charge is 0.140 e. The summed E-state index contributed by atoms with van der Waals surface area (Å²) in [6.07, 6.45) is 1.59. The first-order valence-corrected chi connectivity index (χ1v) is 6.48. The molecule has 0 aliphatic rings. The van der Waals surface area contributed by atoms with Crippen molar-refractivity contribution in [1.82, 2.24) is 19.7 Å². The minimum Gasteiger partial charge on any atom is -0.398 e. The molecule has 19 heavy (non-hydrogen) atoms. The fraction of sp³-hybridized carbons (Fsp3) is 0.429. The van der Waals surface area contributed by atoms with E-state index in [1.165, 1.54) is 0 Å². The van der Waals surface area contributed by atoms with E-state index in [9.17, 15) is 0 Å². The zero-order valence-corrected chi connectivity index (χ0v) is 11.7. The van der Waals surface area contributed by atoms with Gasteiger partial charge in [0, 0.05) is 25.3 Å². The van der Waals surface area contributed by atoms with E-state index in [1.807, 2.05) is 29.9 Å². The number of rotatable bonds is 5. The molecule has 0 bridgehead atoms. The Bertz CT molecular complexity index is 532. The van der Waals surface area contributed by atoms with Crippen LogP contribution in [-0.2, 0) is 20.1 Å². The summed E-state index contributed by atoms with van der Waals surface area (Å²) < 4.78 is 1.81. The molecule has 2 aromatic rings. The first-order chi connectivity index (χ1) is 9.08. The normalized spacial score (nSPS) is 11.4. The number of hydrogen-bond acceptors (Lipinski definition) is 4. The first kappa shape index (κ1) is 13.5. The highest BCUT2D eigenvalue weighted by Gasteiger charge is 2.14. The van der Waals surface area contributed by atoms with Gasteiger partial charge in [-0.3, -0.25) is 9.58 Å². The summed E-state index contributed by atoms with van der Waals surface area (Å²) in [7, 11) is 1.91. The van der Waals surface area contributed by atoms with Gasteiger partial charge in [0.2, 0.25) is 0 Å². The SMILES string of the molecule is CC(C)N(Cc1ccccc1N)Cc1ncnn1C. The van der Waals surface area contributed by atoms with Crippen LogP contribution in [-0.4, -0.2) is 25.7 Å². The van der Waals surface area contributed by atoms with Crippen molar-refractivity contribution < 1.29 is 0 Å². The average molecular weight is 259 g/mol. The summed E-state index contributed by atoms with van der Waals surface area (Å²) >= 11 is 0. The van der Waals surface area contributed by atoms with E-state index in [2.05, 4.69) is 34.9 Å². The van der Waals surface area contributed by atoms with E-state index in [4.69, 9.17) is 5.73 Å². The van der Waals surface area contributed by atoms with Crippen LogP contribution in [0.1, 0.15) is 25.2 Å². The Labute approximate surface area is 114 Å². The lowest BCUT2D eigenvalue weighted by Gasteiger charge is -2.26. The van der Waals surface area contributed by atoms with Gasteiger partial charge >= 0.3 is 0 Å². The molecule has 0 saturated heterocycles. The maximum absolute atomic E-state index is 6.01. The zero-order valence-electron chi connectivity index (χ0n) is 11.7. The molecule has 2 rings (SSSR count). The Morgan fingerprint density at radius 2 is 2.00 bits per heavy atom. The molecule has 0 radical (unpaired) electrons. The topological polar surface area (TPSA) is 60.0 Å². The molecule has 0 amide bonds. The number of anilines is 1. The van der Waals surface area contributed by atoms with Crippen LogP contribution in [0.4, 0.5) is 5.69 Å². The van der Waals surface area contributed by atoms with Gasteiger partial charge in [-0.15, -0.1) is 0 Å². The molecule has 1 heterocycles. The fourth-order valence-corrected chi connectivity index (χ4v) is 1.96. The van der Waals surface area contributed by atoms with E-state index in [0.717, 1.165) is 30.2 Å². The molecule has 0 fully saturated rings. The molecule has 0 aliphatic heterocycles. The van der Waals surface area contributed by atoms with Crippen LogP contribution in [0.3, 0.4) is 0 Å². The molecule has 0 atom stereocenters. The molecule has 5 nitrogen and oxygen atoms in total. The third kappa shape index (κ3) is 3.32. The van der Waals surface area contributed by atoms with Crippen LogP contribution < -0.4 is 5.73 Å². The number of nitrogens with zero attached hydrogens (tertiary/aromatic N) is 4. The minimum atomic E-state index is 0.413. The maximum atomic E-state index is 6.01. The van der Waals surface area contributed by atoms with Crippen molar-refractivity contribution in [3.8, 4) is 0 Å². The predicted molar refractivity (Wildman–Crippen MR) is 76.2 cm³/mol. The van der Waals surface area contributed by atoms with Crippen molar-refractivity contribution in [1.29, 1.82) is 0 Å². The number of aromatic nitrogens is 3.